The Morgan fingerprint density at radius 1 is 1.16 bits per heavy atom. The highest BCUT2D eigenvalue weighted by Crippen LogP contribution is 2.23. The number of para-hydroxylation sites is 1. The quantitative estimate of drug-likeness (QED) is 0.310. The standard InChI is InChI=1S/C17H13N5O2S/c1-24-12-8-6-11(7-9-12)15(23)10-25-17-18-14-5-3-2-4-13(14)16-19-20-21-22(16)17/h2-9H,10H2,1H3. The van der Waals surface area contributed by atoms with Crippen LogP contribution in [0, 0.1) is 0 Å². The van der Waals surface area contributed by atoms with Gasteiger partial charge in [0.15, 0.2) is 16.6 Å². The van der Waals surface area contributed by atoms with Crippen molar-refractivity contribution in [2.75, 3.05) is 12.9 Å². The summed E-state index contributed by atoms with van der Waals surface area (Å²) in [6.07, 6.45) is 0. The molecule has 0 unspecified atom stereocenters. The fraction of sp³-hybridized carbons (Fsp3) is 0.118. The van der Waals surface area contributed by atoms with Crippen molar-refractivity contribution in [3.05, 3.63) is 54.1 Å². The summed E-state index contributed by atoms with van der Waals surface area (Å²) in [6.45, 7) is 0. The number of ketones is 1. The number of methoxy groups -OCH3 is 1. The molecule has 8 heteroatoms. The maximum atomic E-state index is 12.4. The van der Waals surface area contributed by atoms with Crippen molar-refractivity contribution in [2.45, 2.75) is 5.16 Å². The van der Waals surface area contributed by atoms with Gasteiger partial charge in [0.05, 0.1) is 18.4 Å². The van der Waals surface area contributed by atoms with E-state index in [1.165, 1.54) is 11.8 Å². The number of ether oxygens (including phenoxy) is 1. The maximum absolute atomic E-state index is 12.4. The van der Waals surface area contributed by atoms with E-state index in [9.17, 15) is 4.79 Å². The molecule has 4 aromatic rings. The average molecular weight is 351 g/mol. The first-order valence-electron chi connectivity index (χ1n) is 7.53. The number of tetrazole rings is 1. The van der Waals surface area contributed by atoms with Gasteiger partial charge in [0.25, 0.3) is 0 Å². The van der Waals surface area contributed by atoms with E-state index in [2.05, 4.69) is 20.5 Å². The van der Waals surface area contributed by atoms with Gasteiger partial charge in [0.1, 0.15) is 5.75 Å². The Labute approximate surface area is 147 Å². The summed E-state index contributed by atoms with van der Waals surface area (Å²) in [6, 6.07) is 14.7. The van der Waals surface area contributed by atoms with E-state index in [0.717, 1.165) is 16.7 Å². The number of rotatable bonds is 5. The van der Waals surface area contributed by atoms with Crippen molar-refractivity contribution in [3.8, 4) is 5.75 Å². The number of hydrogen-bond donors (Lipinski definition) is 0. The molecule has 25 heavy (non-hydrogen) atoms. The van der Waals surface area contributed by atoms with Crippen LogP contribution in [0.2, 0.25) is 0 Å². The van der Waals surface area contributed by atoms with Crippen molar-refractivity contribution in [1.82, 2.24) is 25.0 Å². The average Bonchev–Trinajstić information content (AvgIpc) is 3.16. The first kappa shape index (κ1) is 15.5. The SMILES string of the molecule is COc1ccc(C(=O)CSc2nc3ccccc3c3nnnn23)cc1. The summed E-state index contributed by atoms with van der Waals surface area (Å²) in [5.74, 6) is 0.965. The lowest BCUT2D eigenvalue weighted by Crippen LogP contribution is -2.05. The molecule has 0 bridgehead atoms. The second-order valence-electron chi connectivity index (χ2n) is 5.27. The lowest BCUT2D eigenvalue weighted by atomic mass is 10.1. The Balaban J connectivity index is 1.61. The van der Waals surface area contributed by atoms with Crippen LogP contribution in [-0.2, 0) is 0 Å². The van der Waals surface area contributed by atoms with E-state index in [0.29, 0.717) is 16.4 Å². The molecule has 0 aliphatic heterocycles. The number of nitrogens with zero attached hydrogens (tertiary/aromatic N) is 5. The Morgan fingerprint density at radius 2 is 1.96 bits per heavy atom. The Morgan fingerprint density at radius 3 is 2.76 bits per heavy atom. The third-order valence-electron chi connectivity index (χ3n) is 3.76. The molecule has 0 saturated carbocycles. The van der Waals surface area contributed by atoms with Crippen molar-refractivity contribution in [1.29, 1.82) is 0 Å². The number of carbonyl (C=O) groups excluding carboxylic acids is 1. The zero-order valence-electron chi connectivity index (χ0n) is 13.3. The molecule has 2 aromatic heterocycles. The second-order valence-corrected chi connectivity index (χ2v) is 6.21. The molecular formula is C17H13N5O2S. The van der Waals surface area contributed by atoms with Crippen molar-refractivity contribution >= 4 is 34.1 Å². The van der Waals surface area contributed by atoms with Crippen LogP contribution in [0.15, 0.2) is 53.7 Å². The minimum absolute atomic E-state index is 0.00355. The number of hydrogen-bond acceptors (Lipinski definition) is 7. The van der Waals surface area contributed by atoms with Crippen LogP contribution < -0.4 is 4.74 Å². The van der Waals surface area contributed by atoms with Crippen LogP contribution in [0.4, 0.5) is 0 Å². The highest BCUT2D eigenvalue weighted by Gasteiger charge is 2.14. The third-order valence-corrected chi connectivity index (χ3v) is 4.69. The zero-order chi connectivity index (χ0) is 17.2. The van der Waals surface area contributed by atoms with Crippen LogP contribution in [0.3, 0.4) is 0 Å². The summed E-state index contributed by atoms with van der Waals surface area (Å²) in [5, 5.41) is 13.2. The molecule has 0 radical (unpaired) electrons. The molecule has 0 aliphatic carbocycles. The molecule has 7 nitrogen and oxygen atoms in total. The summed E-state index contributed by atoms with van der Waals surface area (Å²) in [4.78, 5) is 17.0. The highest BCUT2D eigenvalue weighted by molar-refractivity contribution is 7.99. The van der Waals surface area contributed by atoms with Gasteiger partial charge in [0, 0.05) is 10.9 Å². The van der Waals surface area contributed by atoms with Gasteiger partial charge in [-0.25, -0.2) is 4.98 Å². The van der Waals surface area contributed by atoms with E-state index < -0.39 is 0 Å². The molecule has 0 amide bonds. The molecule has 124 valence electrons. The van der Waals surface area contributed by atoms with E-state index in [1.54, 1.807) is 35.9 Å². The monoisotopic (exact) mass is 351 g/mol. The molecule has 0 atom stereocenters. The van der Waals surface area contributed by atoms with E-state index in [4.69, 9.17) is 4.74 Å². The fourth-order valence-corrected chi connectivity index (χ4v) is 3.31. The summed E-state index contributed by atoms with van der Waals surface area (Å²) >= 11 is 1.31. The Hall–Kier alpha value is -3.00. The third kappa shape index (κ3) is 2.91. The molecule has 0 spiro atoms. The number of thioether (sulfide) groups is 1. The molecule has 4 rings (SSSR count). The van der Waals surface area contributed by atoms with Gasteiger partial charge in [0.2, 0.25) is 0 Å². The van der Waals surface area contributed by atoms with Gasteiger partial charge in [-0.15, -0.1) is 5.10 Å². The summed E-state index contributed by atoms with van der Waals surface area (Å²) < 4.78 is 6.67. The maximum Gasteiger partial charge on any atom is 0.193 e. The minimum atomic E-state index is 0.00355. The molecule has 2 aromatic carbocycles. The smallest absolute Gasteiger partial charge is 0.193 e. The van der Waals surface area contributed by atoms with Gasteiger partial charge >= 0.3 is 0 Å². The van der Waals surface area contributed by atoms with E-state index >= 15 is 0 Å². The first-order valence-corrected chi connectivity index (χ1v) is 8.52. The zero-order valence-corrected chi connectivity index (χ0v) is 14.1. The topological polar surface area (TPSA) is 82.3 Å². The Bertz CT molecular complexity index is 1060. The number of fused-ring (bicyclic) bond motifs is 3. The normalized spacial score (nSPS) is 11.1. The van der Waals surface area contributed by atoms with Gasteiger partial charge < -0.3 is 4.74 Å². The van der Waals surface area contributed by atoms with Crippen molar-refractivity contribution < 1.29 is 9.53 Å². The van der Waals surface area contributed by atoms with Crippen LogP contribution in [0.25, 0.3) is 16.6 Å². The second kappa shape index (κ2) is 6.48. The summed E-state index contributed by atoms with van der Waals surface area (Å²) in [5.41, 5.74) is 2.05. The van der Waals surface area contributed by atoms with Crippen LogP contribution in [0.5, 0.6) is 5.75 Å². The number of Topliss-reactive ketones (excluding diaryl/α,β-unsaturated/α-hetero) is 1. The van der Waals surface area contributed by atoms with Gasteiger partial charge in [-0.1, -0.05) is 23.9 Å². The molecule has 2 heterocycles. The van der Waals surface area contributed by atoms with Gasteiger partial charge in [-0.3, -0.25) is 4.79 Å². The first-order chi connectivity index (χ1) is 12.3. The van der Waals surface area contributed by atoms with Crippen LogP contribution in [-0.4, -0.2) is 43.7 Å². The fourth-order valence-electron chi connectivity index (χ4n) is 2.48. The van der Waals surface area contributed by atoms with Crippen LogP contribution in [0.1, 0.15) is 10.4 Å². The van der Waals surface area contributed by atoms with Gasteiger partial charge in [-0.05, 0) is 46.8 Å². The molecular weight excluding hydrogens is 338 g/mol. The van der Waals surface area contributed by atoms with Crippen molar-refractivity contribution in [3.63, 3.8) is 0 Å². The summed E-state index contributed by atoms with van der Waals surface area (Å²) in [7, 11) is 1.59. The molecule has 0 N–H and O–H groups in total. The largest absolute Gasteiger partial charge is 0.497 e. The number of aromatic nitrogens is 5. The van der Waals surface area contributed by atoms with E-state index in [-0.39, 0.29) is 11.5 Å². The number of benzene rings is 2. The lowest BCUT2D eigenvalue weighted by molar-refractivity contribution is 0.102. The predicted octanol–water partition coefficient (Wildman–Crippen LogP) is 2.66. The molecule has 0 aliphatic rings. The molecule has 0 saturated heterocycles. The van der Waals surface area contributed by atoms with Gasteiger partial charge in [-0.2, -0.15) is 4.52 Å². The predicted molar refractivity (Wildman–Crippen MR) is 94.1 cm³/mol. The van der Waals surface area contributed by atoms with Crippen molar-refractivity contribution in [2.24, 2.45) is 0 Å². The molecule has 0 fully saturated rings. The number of carbonyl (C=O) groups is 1. The minimum Gasteiger partial charge on any atom is -0.497 e. The lowest BCUT2D eigenvalue weighted by Gasteiger charge is -2.05. The van der Waals surface area contributed by atoms with Crippen LogP contribution >= 0.6 is 11.8 Å². The van der Waals surface area contributed by atoms with E-state index in [1.807, 2.05) is 24.3 Å². The Kier molecular flexibility index (Phi) is 4.02. The highest BCUT2D eigenvalue weighted by atomic mass is 32.2.